The van der Waals surface area contributed by atoms with Gasteiger partial charge in [0.25, 0.3) is 11.8 Å². The van der Waals surface area contributed by atoms with Gasteiger partial charge < -0.3 is 30.0 Å². The fraction of sp³-hybridized carbons (Fsp3) is 0.488. The number of aromatic nitrogens is 4. The van der Waals surface area contributed by atoms with Crippen LogP contribution in [-0.4, -0.2) is 71.1 Å². The SMILES string of the molecule is Cn1c(C(=O)Nc2cccc(-c3cccc(NC(=O)c4nc5c(n4C)CCN(CC(=O)O)C5)c3Cl)c2Cl)nc2c1CCC(CCC13CCC(C(=O)O)(CC1)C3)CCC2. The Labute approximate surface area is 347 Å². The van der Waals surface area contributed by atoms with Gasteiger partial charge in [-0.2, -0.15) is 0 Å². The summed E-state index contributed by atoms with van der Waals surface area (Å²) < 4.78 is 3.65. The second-order valence-electron chi connectivity index (χ2n) is 17.0. The van der Waals surface area contributed by atoms with Crippen LogP contribution in [0, 0.1) is 16.7 Å². The summed E-state index contributed by atoms with van der Waals surface area (Å²) in [5.74, 6) is -1.28. The van der Waals surface area contributed by atoms with E-state index in [1.807, 2.05) is 11.6 Å². The zero-order chi connectivity index (χ0) is 40.9. The Bertz CT molecular complexity index is 2310. The molecule has 2 fully saturated rings. The molecule has 2 aromatic heterocycles. The number of carboxylic acids is 2. The van der Waals surface area contributed by atoms with E-state index in [2.05, 4.69) is 15.6 Å². The van der Waals surface area contributed by atoms with Crippen molar-refractivity contribution in [3.05, 3.63) is 80.9 Å². The number of fused-ring (bicyclic) bond motifs is 4. The summed E-state index contributed by atoms with van der Waals surface area (Å²) in [7, 11) is 3.66. The number of rotatable bonds is 11. The summed E-state index contributed by atoms with van der Waals surface area (Å²) >= 11 is 13.9. The first-order valence-corrected chi connectivity index (χ1v) is 21.0. The number of anilines is 2. The van der Waals surface area contributed by atoms with Crippen molar-refractivity contribution in [2.75, 3.05) is 23.7 Å². The van der Waals surface area contributed by atoms with Crippen molar-refractivity contribution in [3.8, 4) is 11.1 Å². The molecule has 0 radical (unpaired) electrons. The number of aryl methyl sites for hydroxylation is 1. The molecule has 4 aromatic rings. The van der Waals surface area contributed by atoms with E-state index >= 15 is 0 Å². The number of imidazole rings is 2. The number of nitrogens with zero attached hydrogens (tertiary/aromatic N) is 5. The summed E-state index contributed by atoms with van der Waals surface area (Å²) in [4.78, 5) is 61.7. The molecule has 0 saturated heterocycles. The molecular weight excluding hydrogens is 781 g/mol. The Balaban J connectivity index is 0.931. The van der Waals surface area contributed by atoms with Crippen LogP contribution in [0.3, 0.4) is 0 Å². The highest BCUT2D eigenvalue weighted by molar-refractivity contribution is 6.40. The zero-order valence-corrected chi connectivity index (χ0v) is 34.4. The number of hydrogen-bond donors (Lipinski definition) is 4. The number of halogens is 2. The van der Waals surface area contributed by atoms with Gasteiger partial charge in [0.15, 0.2) is 11.6 Å². The lowest BCUT2D eigenvalue weighted by Crippen LogP contribution is -2.35. The molecule has 1 unspecified atom stereocenters. The first kappa shape index (κ1) is 40.1. The van der Waals surface area contributed by atoms with E-state index in [0.29, 0.717) is 59.4 Å². The van der Waals surface area contributed by atoms with Crippen LogP contribution in [0.5, 0.6) is 0 Å². The van der Waals surface area contributed by atoms with Crippen LogP contribution in [-0.2, 0) is 49.5 Å². The lowest BCUT2D eigenvalue weighted by atomic mass is 9.76. The maximum atomic E-state index is 13.8. The molecule has 13 nitrogen and oxygen atoms in total. The largest absolute Gasteiger partial charge is 0.481 e. The van der Waals surface area contributed by atoms with Crippen molar-refractivity contribution in [1.29, 1.82) is 0 Å². The molecule has 3 heterocycles. The Morgan fingerprint density at radius 2 is 1.38 bits per heavy atom. The molecule has 2 bridgehead atoms. The number of amides is 2. The van der Waals surface area contributed by atoms with E-state index in [0.717, 1.165) is 94.1 Å². The second kappa shape index (κ2) is 15.8. The molecule has 2 amide bonds. The van der Waals surface area contributed by atoms with Gasteiger partial charge in [-0.1, -0.05) is 53.9 Å². The highest BCUT2D eigenvalue weighted by Gasteiger charge is 2.57. The van der Waals surface area contributed by atoms with Crippen molar-refractivity contribution in [3.63, 3.8) is 0 Å². The summed E-state index contributed by atoms with van der Waals surface area (Å²) in [6.45, 7) is 0.801. The number of carbonyl (C=O) groups is 4. The molecule has 0 spiro atoms. The minimum atomic E-state index is -0.913. The third-order valence-corrected chi connectivity index (χ3v) is 14.3. The van der Waals surface area contributed by atoms with Crippen molar-refractivity contribution in [2.45, 2.75) is 90.0 Å². The highest BCUT2D eigenvalue weighted by Crippen LogP contribution is 2.63. The minimum Gasteiger partial charge on any atom is -0.481 e. The van der Waals surface area contributed by atoms with Crippen LogP contribution in [0.4, 0.5) is 11.4 Å². The molecule has 4 N–H and O–H groups in total. The average Bonchev–Trinajstić information content (AvgIpc) is 3.93. The van der Waals surface area contributed by atoms with Gasteiger partial charge in [-0.25, -0.2) is 9.97 Å². The highest BCUT2D eigenvalue weighted by atomic mass is 35.5. The molecule has 4 aliphatic rings. The van der Waals surface area contributed by atoms with Crippen LogP contribution in [0.2, 0.25) is 10.0 Å². The van der Waals surface area contributed by atoms with Crippen LogP contribution in [0.15, 0.2) is 36.4 Å². The predicted molar refractivity (Wildman–Crippen MR) is 220 cm³/mol. The monoisotopic (exact) mass is 829 g/mol. The minimum absolute atomic E-state index is 0.0961. The second-order valence-corrected chi connectivity index (χ2v) is 17.7. The fourth-order valence-electron chi connectivity index (χ4n) is 10.2. The van der Waals surface area contributed by atoms with Gasteiger partial charge in [-0.15, -0.1) is 0 Å². The fourth-order valence-corrected chi connectivity index (χ4v) is 10.8. The Morgan fingerprint density at radius 3 is 1.95 bits per heavy atom. The first-order chi connectivity index (χ1) is 27.8. The smallest absolute Gasteiger partial charge is 0.317 e. The number of carbonyl (C=O) groups excluding carboxylic acids is 2. The van der Waals surface area contributed by atoms with E-state index < -0.39 is 23.3 Å². The van der Waals surface area contributed by atoms with Gasteiger partial charge in [0.2, 0.25) is 0 Å². The summed E-state index contributed by atoms with van der Waals surface area (Å²) in [6, 6.07) is 10.5. The number of hydrogen-bond acceptors (Lipinski definition) is 7. The van der Waals surface area contributed by atoms with Crippen molar-refractivity contribution >= 4 is 58.3 Å². The summed E-state index contributed by atoms with van der Waals surface area (Å²) in [6.07, 6.45) is 12.1. The van der Waals surface area contributed by atoms with Gasteiger partial charge in [-0.05, 0) is 94.1 Å². The van der Waals surface area contributed by atoms with Crippen LogP contribution >= 0.6 is 23.2 Å². The van der Waals surface area contributed by atoms with E-state index in [4.69, 9.17) is 28.2 Å². The summed E-state index contributed by atoms with van der Waals surface area (Å²) in [5, 5.41) is 25.5. The quantitative estimate of drug-likeness (QED) is 0.118. The van der Waals surface area contributed by atoms with Crippen LogP contribution in [0.1, 0.15) is 108 Å². The van der Waals surface area contributed by atoms with Crippen molar-refractivity contribution in [2.24, 2.45) is 30.8 Å². The van der Waals surface area contributed by atoms with Crippen LogP contribution < -0.4 is 10.6 Å². The molecule has 2 aromatic carbocycles. The van der Waals surface area contributed by atoms with Crippen molar-refractivity contribution in [1.82, 2.24) is 24.0 Å². The van der Waals surface area contributed by atoms with Gasteiger partial charge in [0.05, 0.1) is 44.8 Å². The molecule has 1 atom stereocenters. The molecular formula is C43H49Cl2N7O6. The van der Waals surface area contributed by atoms with Gasteiger partial charge in [0.1, 0.15) is 0 Å². The molecule has 3 aliphatic carbocycles. The lowest BCUT2D eigenvalue weighted by Gasteiger charge is -2.29. The number of benzene rings is 2. The molecule has 8 rings (SSSR count). The Morgan fingerprint density at radius 1 is 0.793 bits per heavy atom. The third kappa shape index (κ3) is 7.52. The van der Waals surface area contributed by atoms with Crippen LogP contribution in [0.25, 0.3) is 11.1 Å². The van der Waals surface area contributed by atoms with Crippen molar-refractivity contribution < 1.29 is 29.4 Å². The normalized spacial score (nSPS) is 22.8. The van der Waals surface area contributed by atoms with E-state index in [1.54, 1.807) is 52.9 Å². The molecule has 1 aliphatic heterocycles. The molecule has 58 heavy (non-hydrogen) atoms. The first-order valence-electron chi connectivity index (χ1n) is 20.2. The number of nitrogens with one attached hydrogen (secondary N) is 2. The van der Waals surface area contributed by atoms with Gasteiger partial charge in [-0.3, -0.25) is 24.1 Å². The Kier molecular flexibility index (Phi) is 10.9. The van der Waals surface area contributed by atoms with Gasteiger partial charge >= 0.3 is 11.9 Å². The standard InChI is InChI=1S/C43H49Cl2N7O6/c1-50-32-13-12-25(14-16-42-17-19-43(24-42,20-18-42)41(57)58)6-3-9-28(32)46-37(50)39(55)48-29-10-4-7-26(35(29)44)27-8-5-11-30(36(27)45)49-40(56)38-47-31-22-52(23-34(53)54)21-15-33(31)51(38)2/h4-5,7-8,10-11,25H,3,6,9,12-24H2,1-2H3,(H,48,55)(H,49,56)(H,53,54)(H,57,58). The lowest BCUT2D eigenvalue weighted by molar-refractivity contribution is -0.148. The maximum Gasteiger partial charge on any atom is 0.317 e. The van der Waals surface area contributed by atoms with E-state index in [9.17, 15) is 29.4 Å². The topological polar surface area (TPSA) is 172 Å². The van der Waals surface area contributed by atoms with E-state index in [1.165, 1.54) is 0 Å². The maximum absolute atomic E-state index is 13.8. The van der Waals surface area contributed by atoms with E-state index in [-0.39, 0.29) is 33.7 Å². The molecule has 15 heteroatoms. The van der Waals surface area contributed by atoms with Gasteiger partial charge in [0, 0.05) is 56.1 Å². The number of aliphatic carboxylic acids is 2. The third-order valence-electron chi connectivity index (χ3n) is 13.5. The summed E-state index contributed by atoms with van der Waals surface area (Å²) in [5.41, 5.74) is 5.18. The molecule has 2 saturated carbocycles. The number of carboxylic acid groups (broad SMARTS) is 2. The Hall–Kier alpha value is -4.72. The predicted octanol–water partition coefficient (Wildman–Crippen LogP) is 7.78. The zero-order valence-electron chi connectivity index (χ0n) is 32.9. The average molecular weight is 831 g/mol. The molecule has 306 valence electrons.